The first-order valence-corrected chi connectivity index (χ1v) is 7.68. The monoisotopic (exact) mass is 362 g/mol. The van der Waals surface area contributed by atoms with Gasteiger partial charge in [-0.15, -0.1) is 0 Å². The number of rotatable bonds is 2. The quantitative estimate of drug-likeness (QED) is 0.776. The van der Waals surface area contributed by atoms with Gasteiger partial charge < -0.3 is 15.3 Å². The molecular weight excluding hydrogens is 351 g/mol. The number of nitrogens with zero attached hydrogens (tertiary/aromatic N) is 1. The van der Waals surface area contributed by atoms with E-state index < -0.39 is 11.8 Å². The summed E-state index contributed by atoms with van der Waals surface area (Å²) in [5.74, 6) is -0.0831. The van der Waals surface area contributed by atoms with Crippen molar-refractivity contribution in [1.82, 2.24) is 0 Å². The number of aliphatic hydroxyl groups excluding tert-OH is 1. The second-order valence-electron chi connectivity index (χ2n) is 5.16. The molecule has 0 radical (unpaired) electrons. The van der Waals surface area contributed by atoms with Crippen LogP contribution in [-0.4, -0.2) is 16.9 Å². The van der Waals surface area contributed by atoms with Gasteiger partial charge in [0.1, 0.15) is 11.5 Å². The number of carbonyl (C=O) groups excluding carboxylic acids is 1. The highest BCUT2D eigenvalue weighted by atomic mass is 35.5. The highest BCUT2D eigenvalue weighted by Crippen LogP contribution is 2.32. The molecule has 0 fully saturated rings. The van der Waals surface area contributed by atoms with Crippen molar-refractivity contribution in [3.8, 4) is 11.3 Å². The number of aliphatic hydroxyl groups is 1. The lowest BCUT2D eigenvalue weighted by Crippen LogP contribution is -2.22. The van der Waals surface area contributed by atoms with Gasteiger partial charge in [-0.25, -0.2) is 0 Å². The van der Waals surface area contributed by atoms with Crippen LogP contribution in [0, 0.1) is 0 Å². The van der Waals surface area contributed by atoms with Crippen molar-refractivity contribution in [3.63, 3.8) is 0 Å². The van der Waals surface area contributed by atoms with Crippen LogP contribution in [0.15, 0.2) is 56.6 Å². The Hall–Kier alpha value is -2.50. The van der Waals surface area contributed by atoms with E-state index in [4.69, 9.17) is 33.4 Å². The topological polar surface area (TPSA) is 88.8 Å². The van der Waals surface area contributed by atoms with Crippen LogP contribution in [0.2, 0.25) is 10.0 Å². The Morgan fingerprint density at radius 3 is 2.71 bits per heavy atom. The van der Waals surface area contributed by atoms with E-state index >= 15 is 0 Å². The molecule has 3 N–H and O–H groups in total. The SMILES string of the molecule is CC1=C(N)C(O)=NC(=O)/C1=C/c1ccc(-c2ccc(Cl)cc2Cl)o1. The highest BCUT2D eigenvalue weighted by Gasteiger charge is 2.23. The first-order valence-electron chi connectivity index (χ1n) is 6.93. The smallest absolute Gasteiger partial charge is 0.280 e. The summed E-state index contributed by atoms with van der Waals surface area (Å²) < 4.78 is 5.72. The average Bonchev–Trinajstić information content (AvgIpc) is 2.98. The number of benzene rings is 1. The van der Waals surface area contributed by atoms with Crippen molar-refractivity contribution in [2.24, 2.45) is 10.7 Å². The minimum absolute atomic E-state index is 0.0633. The standard InChI is InChI=1S/C17H12Cl2N2O3/c1-8-12(16(22)21-17(23)15(8)20)7-10-3-5-14(24-10)11-4-2-9(18)6-13(11)19/h2-7H,20H2,1H3,(H,21,22,23)/b12-7+. The van der Waals surface area contributed by atoms with Crippen molar-refractivity contribution in [3.05, 3.63) is 63.0 Å². The fraction of sp³-hybridized carbons (Fsp3) is 0.0588. The Morgan fingerprint density at radius 1 is 1.25 bits per heavy atom. The summed E-state index contributed by atoms with van der Waals surface area (Å²) in [5, 5.41) is 10.5. The predicted molar refractivity (Wildman–Crippen MR) is 94.1 cm³/mol. The van der Waals surface area contributed by atoms with E-state index in [-0.39, 0.29) is 11.3 Å². The summed E-state index contributed by atoms with van der Waals surface area (Å²) in [6, 6.07) is 8.51. The van der Waals surface area contributed by atoms with Gasteiger partial charge in [-0.2, -0.15) is 4.99 Å². The van der Waals surface area contributed by atoms with Crippen LogP contribution in [0.5, 0.6) is 0 Å². The van der Waals surface area contributed by atoms with E-state index in [1.807, 2.05) is 0 Å². The first-order chi connectivity index (χ1) is 11.4. The molecule has 2 aromatic rings. The minimum Gasteiger partial charge on any atom is -0.492 e. The summed E-state index contributed by atoms with van der Waals surface area (Å²) >= 11 is 12.0. The fourth-order valence-electron chi connectivity index (χ4n) is 2.27. The second-order valence-corrected chi connectivity index (χ2v) is 6.01. The van der Waals surface area contributed by atoms with Crippen LogP contribution in [0.25, 0.3) is 17.4 Å². The van der Waals surface area contributed by atoms with E-state index in [1.54, 1.807) is 37.3 Å². The molecule has 0 saturated carbocycles. The van der Waals surface area contributed by atoms with Gasteiger partial charge in [-0.05, 0) is 48.9 Å². The van der Waals surface area contributed by atoms with Crippen molar-refractivity contribution < 1.29 is 14.3 Å². The number of dihydropyridines is 1. The third-order valence-electron chi connectivity index (χ3n) is 3.60. The molecule has 0 atom stereocenters. The molecule has 0 aliphatic carbocycles. The zero-order chi connectivity index (χ0) is 17.4. The van der Waals surface area contributed by atoms with Gasteiger partial charge in [0.15, 0.2) is 0 Å². The number of nitrogens with two attached hydrogens (primary N) is 1. The van der Waals surface area contributed by atoms with Crippen molar-refractivity contribution >= 4 is 41.1 Å². The number of amides is 1. The zero-order valence-electron chi connectivity index (χ0n) is 12.5. The van der Waals surface area contributed by atoms with Crippen molar-refractivity contribution in [2.45, 2.75) is 6.92 Å². The van der Waals surface area contributed by atoms with Gasteiger partial charge in [0, 0.05) is 10.6 Å². The molecular formula is C17H12Cl2N2O3. The number of hydrogen-bond donors (Lipinski definition) is 2. The molecule has 122 valence electrons. The van der Waals surface area contributed by atoms with Crippen LogP contribution in [0.3, 0.4) is 0 Å². The van der Waals surface area contributed by atoms with E-state index in [1.165, 1.54) is 6.08 Å². The third-order valence-corrected chi connectivity index (χ3v) is 4.14. The summed E-state index contributed by atoms with van der Waals surface area (Å²) in [6.07, 6.45) is 1.52. The molecule has 0 spiro atoms. The molecule has 5 nitrogen and oxygen atoms in total. The summed E-state index contributed by atoms with van der Waals surface area (Å²) in [4.78, 5) is 15.4. The van der Waals surface area contributed by atoms with Crippen LogP contribution in [0.4, 0.5) is 0 Å². The lowest BCUT2D eigenvalue weighted by molar-refractivity contribution is -0.114. The molecule has 1 aliphatic heterocycles. The molecule has 0 bridgehead atoms. The van der Waals surface area contributed by atoms with Crippen LogP contribution in [-0.2, 0) is 4.79 Å². The Labute approximate surface area is 147 Å². The summed E-state index contributed by atoms with van der Waals surface area (Å²) in [7, 11) is 0. The minimum atomic E-state index is -0.582. The lowest BCUT2D eigenvalue weighted by atomic mass is 10.0. The van der Waals surface area contributed by atoms with Gasteiger partial charge in [-0.1, -0.05) is 23.2 Å². The maximum Gasteiger partial charge on any atom is 0.280 e. The molecule has 0 unspecified atom stereocenters. The second kappa shape index (κ2) is 6.19. The van der Waals surface area contributed by atoms with Crippen LogP contribution < -0.4 is 5.73 Å². The third kappa shape index (κ3) is 2.96. The number of halogens is 2. The number of furan rings is 1. The molecule has 0 saturated heterocycles. The molecule has 7 heteroatoms. The largest absolute Gasteiger partial charge is 0.492 e. The van der Waals surface area contributed by atoms with Crippen molar-refractivity contribution in [1.29, 1.82) is 0 Å². The molecule has 3 rings (SSSR count). The molecule has 1 aromatic carbocycles. The lowest BCUT2D eigenvalue weighted by Gasteiger charge is -2.12. The maximum atomic E-state index is 12.0. The fourth-order valence-corrected chi connectivity index (χ4v) is 2.77. The summed E-state index contributed by atoms with van der Waals surface area (Å²) in [6.45, 7) is 1.63. The number of carbonyl (C=O) groups is 1. The molecule has 1 amide bonds. The first kappa shape index (κ1) is 16.4. The Kier molecular flexibility index (Phi) is 4.22. The normalized spacial score (nSPS) is 16.7. The predicted octanol–water partition coefficient (Wildman–Crippen LogP) is 4.37. The Balaban J connectivity index is 1.99. The van der Waals surface area contributed by atoms with E-state index in [0.29, 0.717) is 32.7 Å². The molecule has 1 aliphatic rings. The van der Waals surface area contributed by atoms with Crippen LogP contribution in [0.1, 0.15) is 12.7 Å². The highest BCUT2D eigenvalue weighted by molar-refractivity contribution is 6.36. The summed E-state index contributed by atoms with van der Waals surface area (Å²) in [5.41, 5.74) is 7.15. The Morgan fingerprint density at radius 2 is 2.00 bits per heavy atom. The van der Waals surface area contributed by atoms with Crippen LogP contribution >= 0.6 is 23.2 Å². The maximum absolute atomic E-state index is 12.0. The van der Waals surface area contributed by atoms with Gasteiger partial charge in [0.2, 0.25) is 5.90 Å². The average molecular weight is 363 g/mol. The number of hydrogen-bond acceptors (Lipinski definition) is 3. The van der Waals surface area contributed by atoms with Gasteiger partial charge in [0.25, 0.3) is 5.91 Å². The van der Waals surface area contributed by atoms with E-state index in [9.17, 15) is 9.90 Å². The van der Waals surface area contributed by atoms with Gasteiger partial charge >= 0.3 is 0 Å². The van der Waals surface area contributed by atoms with E-state index in [0.717, 1.165) is 0 Å². The van der Waals surface area contributed by atoms with Gasteiger partial charge in [0.05, 0.1) is 16.3 Å². The molecule has 2 heterocycles. The zero-order valence-corrected chi connectivity index (χ0v) is 14.0. The van der Waals surface area contributed by atoms with Gasteiger partial charge in [-0.3, -0.25) is 4.79 Å². The molecule has 1 aromatic heterocycles. The number of aliphatic imine (C=N–C) groups is 1. The molecule has 24 heavy (non-hydrogen) atoms. The van der Waals surface area contributed by atoms with E-state index in [2.05, 4.69) is 4.99 Å². The Bertz CT molecular complexity index is 939. The van der Waals surface area contributed by atoms with Crippen molar-refractivity contribution in [2.75, 3.05) is 0 Å².